The molecular weight excluding hydrogens is 331 g/mol. The van der Waals surface area contributed by atoms with Gasteiger partial charge < -0.3 is 5.43 Å². The van der Waals surface area contributed by atoms with Crippen molar-refractivity contribution < 1.29 is 21.6 Å². The molecule has 7 nitrogen and oxygen atoms in total. The summed E-state index contributed by atoms with van der Waals surface area (Å²) in [4.78, 5) is 4.22. The summed E-state index contributed by atoms with van der Waals surface area (Å²) < 4.78 is 66.3. The van der Waals surface area contributed by atoms with Crippen molar-refractivity contribution >= 4 is 32.1 Å². The number of imidazole rings is 1. The minimum atomic E-state index is -4.64. The number of aromatic nitrogens is 2. The van der Waals surface area contributed by atoms with Crippen LogP contribution in [0.15, 0.2) is 16.6 Å². The minimum absolute atomic E-state index is 0.202. The van der Waals surface area contributed by atoms with Crippen LogP contribution in [0.1, 0.15) is 12.8 Å². The summed E-state index contributed by atoms with van der Waals surface area (Å²) in [6.07, 6.45) is -3.82. The van der Waals surface area contributed by atoms with Crippen molar-refractivity contribution in [3.63, 3.8) is 0 Å². The molecule has 0 bridgehead atoms. The Labute approximate surface area is 121 Å². The van der Waals surface area contributed by atoms with Crippen molar-refractivity contribution in [3.05, 3.63) is 11.6 Å². The number of hydrogen-bond acceptors (Lipinski definition) is 6. The van der Waals surface area contributed by atoms with Gasteiger partial charge in [-0.15, -0.1) is 11.3 Å². The zero-order chi connectivity index (χ0) is 15.5. The van der Waals surface area contributed by atoms with E-state index in [1.807, 2.05) is 0 Å². The monoisotopic (exact) mass is 341 g/mol. The first kappa shape index (κ1) is 14.6. The van der Waals surface area contributed by atoms with Gasteiger partial charge in [-0.2, -0.15) is 22.9 Å². The number of thiazole rings is 1. The van der Waals surface area contributed by atoms with Crippen LogP contribution in [0.2, 0.25) is 0 Å². The van der Waals surface area contributed by atoms with E-state index in [1.54, 1.807) is 10.1 Å². The van der Waals surface area contributed by atoms with E-state index < -0.39 is 26.8 Å². The fraction of sp³-hybridized carbons (Fsp3) is 0.444. The van der Waals surface area contributed by atoms with Crippen molar-refractivity contribution in [1.82, 2.24) is 14.1 Å². The lowest BCUT2D eigenvalue weighted by atomic mass is 10.3. The highest BCUT2D eigenvalue weighted by molar-refractivity contribution is 7.89. The number of fused-ring (bicyclic) bond motifs is 1. The van der Waals surface area contributed by atoms with Gasteiger partial charge in [0.1, 0.15) is 5.54 Å². The van der Waals surface area contributed by atoms with Gasteiger partial charge in [-0.25, -0.2) is 14.3 Å². The molecule has 0 radical (unpaired) electrons. The average Bonchev–Trinajstić information content (AvgIpc) is 2.85. The van der Waals surface area contributed by atoms with E-state index in [9.17, 15) is 21.6 Å². The standard InChI is InChI=1S/C9H10F3N5O2S2/c10-9(11,12)8(1-2-8)16-21(18,19)6-5(15-13)14-7-17(6)3-4-20-7/h3-4,15-16H,1-2,13H2. The first-order valence-electron chi connectivity index (χ1n) is 5.73. The second-order valence-electron chi connectivity index (χ2n) is 4.65. The van der Waals surface area contributed by atoms with Gasteiger partial charge in [0.25, 0.3) is 10.0 Å². The largest absolute Gasteiger partial charge is 0.407 e. The van der Waals surface area contributed by atoms with Crippen LogP contribution >= 0.6 is 11.3 Å². The predicted octanol–water partition coefficient (Wildman–Crippen LogP) is 1.05. The maximum absolute atomic E-state index is 12.9. The predicted molar refractivity (Wildman–Crippen MR) is 69.2 cm³/mol. The maximum Gasteiger partial charge on any atom is 0.407 e. The fourth-order valence-corrected chi connectivity index (χ4v) is 4.46. The number of nitrogens with one attached hydrogen (secondary N) is 2. The molecule has 0 aromatic carbocycles. The molecular formula is C9H10F3N5O2S2. The van der Waals surface area contributed by atoms with Gasteiger partial charge in [0.05, 0.1) is 0 Å². The van der Waals surface area contributed by atoms with Crippen molar-refractivity contribution in [1.29, 1.82) is 0 Å². The highest BCUT2D eigenvalue weighted by Gasteiger charge is 2.65. The summed E-state index contributed by atoms with van der Waals surface area (Å²) in [6.45, 7) is 0. The molecule has 2 heterocycles. The quantitative estimate of drug-likeness (QED) is 0.570. The molecule has 1 fully saturated rings. The number of halogens is 3. The number of hydrazine groups is 1. The third-order valence-electron chi connectivity index (χ3n) is 3.23. The number of anilines is 1. The molecule has 2 aromatic heterocycles. The molecule has 0 aliphatic heterocycles. The van der Waals surface area contributed by atoms with Crippen molar-refractivity contribution in [2.24, 2.45) is 5.84 Å². The molecule has 3 rings (SSSR count). The Kier molecular flexibility index (Phi) is 2.99. The van der Waals surface area contributed by atoms with E-state index in [0.717, 1.165) is 11.3 Å². The van der Waals surface area contributed by atoms with Crippen molar-refractivity contribution in [3.8, 4) is 0 Å². The molecule has 0 amide bonds. The zero-order valence-electron chi connectivity index (χ0n) is 10.3. The van der Waals surface area contributed by atoms with Gasteiger partial charge in [0.15, 0.2) is 10.8 Å². The number of sulfonamides is 1. The molecule has 21 heavy (non-hydrogen) atoms. The third kappa shape index (κ3) is 2.18. The normalized spacial score (nSPS) is 18.1. The van der Waals surface area contributed by atoms with E-state index in [0.29, 0.717) is 4.96 Å². The third-order valence-corrected chi connectivity index (χ3v) is 5.55. The van der Waals surface area contributed by atoms with E-state index in [4.69, 9.17) is 5.84 Å². The summed E-state index contributed by atoms with van der Waals surface area (Å²) >= 11 is 1.13. The van der Waals surface area contributed by atoms with Crippen LogP contribution < -0.4 is 16.0 Å². The average molecular weight is 341 g/mol. The molecule has 1 aliphatic rings. The first-order valence-corrected chi connectivity index (χ1v) is 8.09. The van der Waals surface area contributed by atoms with Crippen LogP contribution in [0, 0.1) is 0 Å². The SMILES string of the molecule is NNc1nc2sccn2c1S(=O)(=O)NC1(C(F)(F)F)CC1. The summed E-state index contributed by atoms with van der Waals surface area (Å²) in [7, 11) is -4.44. The Hall–Kier alpha value is -1.37. The Morgan fingerprint density at radius 1 is 1.43 bits per heavy atom. The molecule has 0 spiro atoms. The molecule has 0 unspecified atom stereocenters. The molecule has 12 heteroatoms. The Morgan fingerprint density at radius 3 is 2.62 bits per heavy atom. The van der Waals surface area contributed by atoms with E-state index >= 15 is 0 Å². The summed E-state index contributed by atoms with van der Waals surface area (Å²) in [5, 5.41) is 1.13. The molecule has 1 aliphatic carbocycles. The van der Waals surface area contributed by atoms with Crippen LogP contribution in [0.3, 0.4) is 0 Å². The van der Waals surface area contributed by atoms with Gasteiger partial charge in [0.2, 0.25) is 5.03 Å². The summed E-state index contributed by atoms with van der Waals surface area (Å²) in [5.74, 6) is 5.00. The molecule has 2 aromatic rings. The van der Waals surface area contributed by atoms with E-state index in [1.165, 1.54) is 10.6 Å². The van der Waals surface area contributed by atoms with Gasteiger partial charge in [-0.05, 0) is 12.8 Å². The number of nitrogens with zero attached hydrogens (tertiary/aromatic N) is 2. The second kappa shape index (κ2) is 4.32. The molecule has 116 valence electrons. The van der Waals surface area contributed by atoms with Gasteiger partial charge >= 0.3 is 6.18 Å². The lowest BCUT2D eigenvalue weighted by molar-refractivity contribution is -0.160. The maximum atomic E-state index is 12.9. The number of hydrogen-bond donors (Lipinski definition) is 3. The molecule has 1 saturated carbocycles. The van der Waals surface area contributed by atoms with Gasteiger partial charge in [-0.3, -0.25) is 4.40 Å². The molecule has 0 saturated heterocycles. The number of nitrogen functional groups attached to an aromatic ring is 1. The van der Waals surface area contributed by atoms with Crippen LogP contribution in [0.4, 0.5) is 19.0 Å². The highest BCUT2D eigenvalue weighted by atomic mass is 32.2. The van der Waals surface area contributed by atoms with Crippen molar-refractivity contribution in [2.45, 2.75) is 29.6 Å². The van der Waals surface area contributed by atoms with Crippen LogP contribution in [-0.4, -0.2) is 29.5 Å². The smallest absolute Gasteiger partial charge is 0.306 e. The number of rotatable bonds is 4. The number of alkyl halides is 3. The summed E-state index contributed by atoms with van der Waals surface area (Å²) in [6, 6.07) is 0. The molecule has 4 N–H and O–H groups in total. The topological polar surface area (TPSA) is 102 Å². The van der Waals surface area contributed by atoms with Gasteiger partial charge in [0, 0.05) is 11.6 Å². The van der Waals surface area contributed by atoms with Crippen LogP contribution in [-0.2, 0) is 10.0 Å². The van der Waals surface area contributed by atoms with Crippen LogP contribution in [0.25, 0.3) is 4.96 Å². The highest BCUT2D eigenvalue weighted by Crippen LogP contribution is 2.50. The lowest BCUT2D eigenvalue weighted by Crippen LogP contribution is -2.48. The van der Waals surface area contributed by atoms with Crippen LogP contribution in [0.5, 0.6) is 0 Å². The van der Waals surface area contributed by atoms with Crippen molar-refractivity contribution in [2.75, 3.05) is 5.43 Å². The minimum Gasteiger partial charge on any atom is -0.306 e. The Bertz CT molecular complexity index is 790. The molecule has 0 atom stereocenters. The van der Waals surface area contributed by atoms with E-state index in [2.05, 4.69) is 10.4 Å². The Balaban J connectivity index is 2.07. The van der Waals surface area contributed by atoms with Gasteiger partial charge in [-0.1, -0.05) is 0 Å². The fourth-order valence-electron chi connectivity index (χ4n) is 1.99. The lowest BCUT2D eigenvalue weighted by Gasteiger charge is -2.20. The van der Waals surface area contributed by atoms with E-state index in [-0.39, 0.29) is 18.7 Å². The Morgan fingerprint density at radius 2 is 2.10 bits per heavy atom. The zero-order valence-corrected chi connectivity index (χ0v) is 11.9. The second-order valence-corrected chi connectivity index (χ2v) is 7.12. The number of nitrogens with two attached hydrogens (primary N) is 1. The summed E-state index contributed by atoms with van der Waals surface area (Å²) in [5.41, 5.74) is -0.295. The first-order chi connectivity index (χ1) is 9.70.